The number of imidazole rings is 1. The Kier molecular flexibility index (Phi) is 6.55. The molecule has 1 saturated heterocycles. The highest BCUT2D eigenvalue weighted by molar-refractivity contribution is 6.32. The Labute approximate surface area is 213 Å². The minimum absolute atomic E-state index is 0.0509. The summed E-state index contributed by atoms with van der Waals surface area (Å²) in [6.07, 6.45) is 4.96. The van der Waals surface area contributed by atoms with Gasteiger partial charge in [0.2, 0.25) is 0 Å². The summed E-state index contributed by atoms with van der Waals surface area (Å²) in [6.45, 7) is 6.82. The van der Waals surface area contributed by atoms with Crippen LogP contribution in [0.3, 0.4) is 0 Å². The zero-order valence-electron chi connectivity index (χ0n) is 20.2. The SMILES string of the molecule is CCN1CCN(c2cc(-c3cc(F)cc(-c4ccc(-n5ccn(C)c5=O)c(Cl)c4)c3O)ccn2)CC1. The maximum Gasteiger partial charge on any atom is 0.332 e. The van der Waals surface area contributed by atoms with Crippen LogP contribution in [-0.2, 0) is 7.05 Å². The van der Waals surface area contributed by atoms with Crippen LogP contribution in [0.25, 0.3) is 27.9 Å². The summed E-state index contributed by atoms with van der Waals surface area (Å²) >= 11 is 6.51. The predicted molar refractivity (Wildman–Crippen MR) is 141 cm³/mol. The maximum atomic E-state index is 14.8. The fourth-order valence-electron chi connectivity index (χ4n) is 4.61. The second-order valence-corrected chi connectivity index (χ2v) is 9.31. The van der Waals surface area contributed by atoms with E-state index in [9.17, 15) is 14.3 Å². The Morgan fingerprint density at radius 2 is 1.69 bits per heavy atom. The van der Waals surface area contributed by atoms with Gasteiger partial charge in [0.1, 0.15) is 17.4 Å². The van der Waals surface area contributed by atoms with Crippen molar-refractivity contribution in [3.05, 3.63) is 82.4 Å². The van der Waals surface area contributed by atoms with Crippen LogP contribution >= 0.6 is 11.6 Å². The van der Waals surface area contributed by atoms with Crippen LogP contribution in [0, 0.1) is 5.82 Å². The number of anilines is 1. The first-order chi connectivity index (χ1) is 17.4. The number of likely N-dealkylation sites (N-methyl/N-ethyl adjacent to an activating group) is 1. The molecule has 7 nitrogen and oxygen atoms in total. The van der Waals surface area contributed by atoms with Crippen LogP contribution in [0.4, 0.5) is 10.2 Å². The van der Waals surface area contributed by atoms with Crippen molar-refractivity contribution in [1.29, 1.82) is 0 Å². The van der Waals surface area contributed by atoms with Crippen molar-refractivity contribution in [2.45, 2.75) is 6.92 Å². The number of nitrogens with zero attached hydrogens (tertiary/aromatic N) is 5. The summed E-state index contributed by atoms with van der Waals surface area (Å²) in [6, 6.07) is 11.3. The highest BCUT2D eigenvalue weighted by Crippen LogP contribution is 2.40. The first kappa shape index (κ1) is 24.1. The number of hydrogen-bond acceptors (Lipinski definition) is 5. The van der Waals surface area contributed by atoms with Crippen molar-refractivity contribution in [3.8, 4) is 33.7 Å². The Hall–Kier alpha value is -3.62. The van der Waals surface area contributed by atoms with Crippen molar-refractivity contribution in [2.75, 3.05) is 37.6 Å². The van der Waals surface area contributed by atoms with Crippen LogP contribution in [0.5, 0.6) is 5.75 Å². The Morgan fingerprint density at radius 1 is 1.00 bits per heavy atom. The molecule has 9 heteroatoms. The van der Waals surface area contributed by atoms with Gasteiger partial charge in [-0.1, -0.05) is 24.6 Å². The van der Waals surface area contributed by atoms with Gasteiger partial charge in [-0.05, 0) is 54.1 Å². The van der Waals surface area contributed by atoms with Gasteiger partial charge in [0.05, 0.1) is 10.7 Å². The van der Waals surface area contributed by atoms with Crippen molar-refractivity contribution < 1.29 is 9.50 Å². The summed E-state index contributed by atoms with van der Waals surface area (Å²) < 4.78 is 17.7. The van der Waals surface area contributed by atoms with E-state index in [1.54, 1.807) is 49.9 Å². The lowest BCUT2D eigenvalue weighted by molar-refractivity contribution is 0.270. The van der Waals surface area contributed by atoms with E-state index in [1.165, 1.54) is 21.3 Å². The van der Waals surface area contributed by atoms with Gasteiger partial charge in [-0.2, -0.15) is 0 Å². The molecule has 5 rings (SSSR count). The number of pyridine rings is 1. The summed E-state index contributed by atoms with van der Waals surface area (Å²) in [5.74, 6) is 0.270. The molecule has 0 saturated carbocycles. The average Bonchev–Trinajstić information content (AvgIpc) is 3.23. The number of phenols is 1. The normalized spacial score (nSPS) is 14.4. The van der Waals surface area contributed by atoms with Gasteiger partial charge >= 0.3 is 5.69 Å². The highest BCUT2D eigenvalue weighted by atomic mass is 35.5. The van der Waals surface area contributed by atoms with Gasteiger partial charge in [-0.25, -0.2) is 14.2 Å². The predicted octanol–water partition coefficient (Wildman–Crippen LogP) is 4.55. The smallest absolute Gasteiger partial charge is 0.332 e. The number of aromatic hydroxyl groups is 1. The molecule has 1 aliphatic rings. The molecular formula is C27H27ClFN5O2. The van der Waals surface area contributed by atoms with Crippen LogP contribution in [0.2, 0.25) is 5.02 Å². The van der Waals surface area contributed by atoms with E-state index >= 15 is 0 Å². The molecule has 4 aromatic rings. The average molecular weight is 508 g/mol. The first-order valence-corrected chi connectivity index (χ1v) is 12.2. The highest BCUT2D eigenvalue weighted by Gasteiger charge is 2.19. The van der Waals surface area contributed by atoms with Gasteiger partial charge in [0.15, 0.2) is 0 Å². The molecule has 0 aliphatic carbocycles. The van der Waals surface area contributed by atoms with Crippen molar-refractivity contribution >= 4 is 17.4 Å². The number of rotatable bonds is 5. The van der Waals surface area contributed by atoms with Crippen LogP contribution in [0.1, 0.15) is 6.92 Å². The zero-order valence-corrected chi connectivity index (χ0v) is 20.9. The number of piperazine rings is 1. The molecule has 2 aromatic carbocycles. The summed E-state index contributed by atoms with van der Waals surface area (Å²) in [7, 11) is 1.66. The van der Waals surface area contributed by atoms with Gasteiger partial charge < -0.3 is 19.5 Å². The molecule has 3 heterocycles. The lowest BCUT2D eigenvalue weighted by atomic mass is 9.97. The van der Waals surface area contributed by atoms with Crippen molar-refractivity contribution in [2.24, 2.45) is 7.05 Å². The third-order valence-corrected chi connectivity index (χ3v) is 7.04. The van der Waals surface area contributed by atoms with E-state index in [1.807, 2.05) is 6.07 Å². The topological polar surface area (TPSA) is 66.5 Å². The number of benzene rings is 2. The molecule has 186 valence electrons. The summed E-state index contributed by atoms with van der Waals surface area (Å²) in [5, 5.41) is 11.5. The molecule has 0 amide bonds. The number of phenolic OH excluding ortho intramolecular Hbond substituents is 1. The number of aryl methyl sites for hydroxylation is 1. The van der Waals surface area contributed by atoms with Crippen LogP contribution < -0.4 is 10.6 Å². The second kappa shape index (κ2) is 9.79. The lowest BCUT2D eigenvalue weighted by Gasteiger charge is -2.34. The number of halogens is 2. The Balaban J connectivity index is 1.50. The lowest BCUT2D eigenvalue weighted by Crippen LogP contribution is -2.46. The van der Waals surface area contributed by atoms with E-state index in [2.05, 4.69) is 21.7 Å². The van der Waals surface area contributed by atoms with Crippen molar-refractivity contribution in [3.63, 3.8) is 0 Å². The van der Waals surface area contributed by atoms with Crippen molar-refractivity contribution in [1.82, 2.24) is 19.0 Å². The summed E-state index contributed by atoms with van der Waals surface area (Å²) in [4.78, 5) is 21.4. The number of hydrogen-bond donors (Lipinski definition) is 1. The second-order valence-electron chi connectivity index (χ2n) is 8.90. The first-order valence-electron chi connectivity index (χ1n) is 11.9. The molecule has 1 aliphatic heterocycles. The standard InChI is InChI=1S/C27H27ClFN5O2/c1-3-32-9-11-33(12-10-32)25-15-19(6-7-30-25)22-17-20(29)16-21(26(22)35)18-4-5-24(23(28)14-18)34-13-8-31(2)27(34)36/h4-8,13-17,35H,3,9-12H2,1-2H3. The van der Waals surface area contributed by atoms with E-state index in [-0.39, 0.29) is 11.4 Å². The fraction of sp³-hybridized carbons (Fsp3) is 0.259. The Bertz CT molecular complexity index is 1470. The molecule has 1 fully saturated rings. The Morgan fingerprint density at radius 3 is 2.31 bits per heavy atom. The summed E-state index contributed by atoms with van der Waals surface area (Å²) in [5.41, 5.74) is 2.17. The third kappa shape index (κ3) is 4.50. The molecule has 36 heavy (non-hydrogen) atoms. The minimum atomic E-state index is -0.479. The van der Waals surface area contributed by atoms with E-state index in [4.69, 9.17) is 11.6 Å². The molecule has 0 unspecified atom stereocenters. The van der Waals surface area contributed by atoms with Crippen LogP contribution in [-0.4, -0.2) is 56.8 Å². The molecular weight excluding hydrogens is 481 g/mol. The van der Waals surface area contributed by atoms with Crippen LogP contribution in [0.15, 0.2) is 65.8 Å². The largest absolute Gasteiger partial charge is 0.507 e. The molecule has 0 atom stereocenters. The van der Waals surface area contributed by atoms with Gasteiger partial charge in [0.25, 0.3) is 0 Å². The third-order valence-electron chi connectivity index (χ3n) is 6.74. The minimum Gasteiger partial charge on any atom is -0.507 e. The fourth-order valence-corrected chi connectivity index (χ4v) is 4.88. The molecule has 0 spiro atoms. The molecule has 0 bridgehead atoms. The molecule has 1 N–H and O–H groups in total. The van der Waals surface area contributed by atoms with E-state index < -0.39 is 5.82 Å². The van der Waals surface area contributed by atoms with E-state index in [0.29, 0.717) is 33.0 Å². The monoisotopic (exact) mass is 507 g/mol. The van der Waals surface area contributed by atoms with Gasteiger partial charge in [-0.3, -0.25) is 4.57 Å². The molecule has 2 aromatic heterocycles. The van der Waals surface area contributed by atoms with Gasteiger partial charge in [0, 0.05) is 62.9 Å². The van der Waals surface area contributed by atoms with E-state index in [0.717, 1.165) is 38.5 Å². The van der Waals surface area contributed by atoms with Gasteiger partial charge in [-0.15, -0.1) is 0 Å². The quantitative estimate of drug-likeness (QED) is 0.429. The molecule has 0 radical (unpaired) electrons. The zero-order chi connectivity index (χ0) is 25.4. The maximum absolute atomic E-state index is 14.8. The number of aromatic nitrogens is 3.